The van der Waals surface area contributed by atoms with E-state index >= 15 is 0 Å². The van der Waals surface area contributed by atoms with Crippen LogP contribution in [0.4, 0.5) is 5.82 Å². The average Bonchev–Trinajstić information content (AvgIpc) is 3.52. The molecule has 35 heavy (non-hydrogen) atoms. The number of pyridine rings is 2. The van der Waals surface area contributed by atoms with E-state index in [2.05, 4.69) is 14.7 Å². The third kappa shape index (κ3) is 4.50. The number of carboxylic acids is 1. The fourth-order valence-electron chi connectivity index (χ4n) is 4.14. The number of aromatic nitrogens is 4. The van der Waals surface area contributed by atoms with E-state index in [1.54, 1.807) is 17.6 Å². The van der Waals surface area contributed by atoms with E-state index in [1.807, 2.05) is 11.8 Å². The molecule has 12 heteroatoms. The Morgan fingerprint density at radius 2 is 2.06 bits per heavy atom. The zero-order valence-electron chi connectivity index (χ0n) is 19.5. The summed E-state index contributed by atoms with van der Waals surface area (Å²) in [6.45, 7) is 6.23. The minimum absolute atomic E-state index is 0.0251. The van der Waals surface area contributed by atoms with Crippen LogP contribution in [0.1, 0.15) is 47.4 Å². The molecule has 2 aliphatic rings. The molecule has 0 unspecified atom stereocenters. The number of anilines is 1. The Labute approximate surface area is 204 Å². The van der Waals surface area contributed by atoms with Gasteiger partial charge < -0.3 is 20.1 Å². The smallest absolute Gasteiger partial charge is 0.341 e. The number of aromatic carboxylic acids is 1. The summed E-state index contributed by atoms with van der Waals surface area (Å²) in [6, 6.07) is 1.76. The lowest BCUT2D eigenvalue weighted by atomic mass is 9.98. The number of amides is 1. The van der Waals surface area contributed by atoms with Gasteiger partial charge in [0.15, 0.2) is 5.65 Å². The van der Waals surface area contributed by atoms with E-state index in [1.165, 1.54) is 6.20 Å². The molecule has 0 spiro atoms. The van der Waals surface area contributed by atoms with Crippen molar-refractivity contribution in [3.63, 3.8) is 0 Å². The number of rotatable bonds is 9. The van der Waals surface area contributed by atoms with Gasteiger partial charge in [0.1, 0.15) is 17.2 Å². The van der Waals surface area contributed by atoms with Crippen LogP contribution < -0.4 is 15.6 Å². The molecule has 3 aromatic rings. The van der Waals surface area contributed by atoms with E-state index in [0.29, 0.717) is 60.9 Å². The fraction of sp³-hybridized carbons (Fsp3) is 0.478. The van der Waals surface area contributed by atoms with E-state index in [9.17, 15) is 19.5 Å². The Morgan fingerprint density at radius 3 is 2.74 bits per heavy atom. The number of hydrogen-bond donors (Lipinski definition) is 2. The largest absolute Gasteiger partial charge is 0.477 e. The molecule has 0 atom stereocenters. The molecule has 1 saturated heterocycles. The Balaban J connectivity index is 1.46. The molecular formula is C23H26N6O5S. The predicted octanol–water partition coefficient (Wildman–Crippen LogP) is 1.71. The molecular weight excluding hydrogens is 472 g/mol. The Kier molecular flexibility index (Phi) is 6.24. The Morgan fingerprint density at radius 1 is 1.29 bits per heavy atom. The van der Waals surface area contributed by atoms with Crippen molar-refractivity contribution in [3.05, 3.63) is 39.4 Å². The van der Waals surface area contributed by atoms with Gasteiger partial charge in [-0.1, -0.05) is 0 Å². The summed E-state index contributed by atoms with van der Waals surface area (Å²) in [5.41, 5.74) is 0.0231. The summed E-state index contributed by atoms with van der Waals surface area (Å²) < 4.78 is 11.2. The molecule has 3 aromatic heterocycles. The summed E-state index contributed by atoms with van der Waals surface area (Å²) in [4.78, 5) is 48.5. The molecule has 184 valence electrons. The predicted molar refractivity (Wildman–Crippen MR) is 130 cm³/mol. The van der Waals surface area contributed by atoms with Gasteiger partial charge in [0, 0.05) is 49.9 Å². The normalized spacial score (nSPS) is 15.9. The first-order chi connectivity index (χ1) is 16.9. The maximum atomic E-state index is 13.0. The lowest BCUT2D eigenvalue weighted by Gasteiger charge is -2.39. The maximum Gasteiger partial charge on any atom is 0.341 e. The second kappa shape index (κ2) is 9.34. The topological polar surface area (TPSA) is 140 Å². The van der Waals surface area contributed by atoms with Crippen molar-refractivity contribution in [3.8, 4) is 5.13 Å². The Bertz CT molecular complexity index is 1360. The monoisotopic (exact) mass is 498 g/mol. The van der Waals surface area contributed by atoms with Gasteiger partial charge >= 0.3 is 5.97 Å². The molecule has 1 aliphatic carbocycles. The SMILES string of the molecule is CCOCCNC(=O)C1CN(c2cc(C)c3c(=O)c(C(=O)O)cn(-c4nc(C5CC5)ns4)c3n2)C1. The highest BCUT2D eigenvalue weighted by molar-refractivity contribution is 7.08. The number of nitrogens with zero attached hydrogens (tertiary/aromatic N) is 5. The first kappa shape index (κ1) is 23.4. The van der Waals surface area contributed by atoms with Gasteiger partial charge in [0.2, 0.25) is 16.5 Å². The second-order valence-electron chi connectivity index (χ2n) is 8.84. The first-order valence-electron chi connectivity index (χ1n) is 11.6. The number of ether oxygens (including phenoxy) is 1. The van der Waals surface area contributed by atoms with Crippen LogP contribution in [-0.2, 0) is 9.53 Å². The number of nitrogens with one attached hydrogen (secondary N) is 1. The molecule has 5 rings (SSSR count). The van der Waals surface area contributed by atoms with Crippen molar-refractivity contribution in [2.45, 2.75) is 32.6 Å². The summed E-state index contributed by atoms with van der Waals surface area (Å²) in [5.74, 6) is 0.215. The van der Waals surface area contributed by atoms with Crippen LogP contribution >= 0.6 is 11.5 Å². The zero-order chi connectivity index (χ0) is 24.7. The number of hydrogen-bond acceptors (Lipinski definition) is 9. The molecule has 0 aromatic carbocycles. The van der Waals surface area contributed by atoms with E-state index < -0.39 is 11.4 Å². The third-order valence-electron chi connectivity index (χ3n) is 6.28. The number of carbonyl (C=O) groups is 2. The van der Waals surface area contributed by atoms with Gasteiger partial charge in [-0.05, 0) is 38.3 Å². The van der Waals surface area contributed by atoms with Gasteiger partial charge in [-0.25, -0.2) is 14.8 Å². The van der Waals surface area contributed by atoms with Crippen molar-refractivity contribution >= 4 is 40.3 Å². The number of carbonyl (C=O) groups excluding carboxylic acids is 1. The van der Waals surface area contributed by atoms with Gasteiger partial charge in [0.25, 0.3) is 0 Å². The molecule has 11 nitrogen and oxygen atoms in total. The molecule has 1 aliphatic heterocycles. The molecule has 2 N–H and O–H groups in total. The number of fused-ring (bicyclic) bond motifs is 1. The molecule has 4 heterocycles. The highest BCUT2D eigenvalue weighted by atomic mass is 32.1. The van der Waals surface area contributed by atoms with Crippen molar-refractivity contribution in [1.82, 2.24) is 24.2 Å². The summed E-state index contributed by atoms with van der Waals surface area (Å²) in [5, 5.41) is 13.2. The van der Waals surface area contributed by atoms with Crippen LogP contribution in [0.3, 0.4) is 0 Å². The first-order valence-corrected chi connectivity index (χ1v) is 12.4. The average molecular weight is 499 g/mol. The molecule has 1 saturated carbocycles. The van der Waals surface area contributed by atoms with Crippen LogP contribution in [0.2, 0.25) is 0 Å². The summed E-state index contributed by atoms with van der Waals surface area (Å²) >= 11 is 1.16. The maximum absolute atomic E-state index is 13.0. The van der Waals surface area contributed by atoms with Gasteiger partial charge in [0.05, 0.1) is 17.9 Å². The number of aryl methyl sites for hydroxylation is 1. The van der Waals surface area contributed by atoms with Crippen LogP contribution in [-0.4, -0.2) is 68.7 Å². The molecule has 2 fully saturated rings. The van der Waals surface area contributed by atoms with E-state index in [4.69, 9.17) is 9.72 Å². The quantitative estimate of drug-likeness (QED) is 0.422. The van der Waals surface area contributed by atoms with Crippen molar-refractivity contribution < 1.29 is 19.4 Å². The lowest BCUT2D eigenvalue weighted by Crippen LogP contribution is -2.54. The van der Waals surface area contributed by atoms with E-state index in [0.717, 1.165) is 30.2 Å². The molecule has 0 radical (unpaired) electrons. The van der Waals surface area contributed by atoms with Crippen molar-refractivity contribution in [2.24, 2.45) is 5.92 Å². The van der Waals surface area contributed by atoms with E-state index in [-0.39, 0.29) is 22.8 Å². The Hall–Kier alpha value is -3.38. The van der Waals surface area contributed by atoms with Crippen LogP contribution in [0, 0.1) is 12.8 Å². The lowest BCUT2D eigenvalue weighted by molar-refractivity contribution is -0.125. The summed E-state index contributed by atoms with van der Waals surface area (Å²) in [6.07, 6.45) is 3.36. The highest BCUT2D eigenvalue weighted by Gasteiger charge is 2.34. The van der Waals surface area contributed by atoms with Crippen LogP contribution in [0.25, 0.3) is 16.2 Å². The standard InChI is InChI=1S/C23H26N6O5S/c1-3-34-7-6-24-21(31)14-9-28(10-14)16-8-12(2)17-18(30)15(22(32)33)11-29(20(17)25-16)23-26-19(27-35-23)13-4-5-13/h8,11,13-14H,3-7,9-10H2,1-2H3,(H,24,31)(H,32,33). The highest BCUT2D eigenvalue weighted by Crippen LogP contribution is 2.39. The van der Waals surface area contributed by atoms with Gasteiger partial charge in [-0.15, -0.1) is 0 Å². The van der Waals surface area contributed by atoms with Crippen molar-refractivity contribution in [1.29, 1.82) is 0 Å². The molecule has 1 amide bonds. The van der Waals surface area contributed by atoms with Crippen LogP contribution in [0.5, 0.6) is 0 Å². The molecule has 0 bridgehead atoms. The van der Waals surface area contributed by atoms with Gasteiger partial charge in [-0.3, -0.25) is 14.2 Å². The fourth-order valence-corrected chi connectivity index (χ4v) is 4.86. The minimum atomic E-state index is -1.30. The van der Waals surface area contributed by atoms with Crippen molar-refractivity contribution in [2.75, 3.05) is 37.7 Å². The van der Waals surface area contributed by atoms with Crippen LogP contribution in [0.15, 0.2) is 17.1 Å². The minimum Gasteiger partial charge on any atom is -0.477 e. The van der Waals surface area contributed by atoms with Gasteiger partial charge in [-0.2, -0.15) is 4.37 Å². The zero-order valence-corrected chi connectivity index (χ0v) is 20.3. The second-order valence-corrected chi connectivity index (χ2v) is 9.57. The number of carboxylic acid groups (broad SMARTS) is 1. The third-order valence-corrected chi connectivity index (χ3v) is 7.01. The summed E-state index contributed by atoms with van der Waals surface area (Å²) in [7, 11) is 0.